The number of nitrogen functional groups attached to an aromatic ring is 1. The zero-order valence-electron chi connectivity index (χ0n) is 10.1. The number of halogens is 2. The lowest BCUT2D eigenvalue weighted by Crippen LogP contribution is -2.26. The molecule has 0 fully saturated rings. The lowest BCUT2D eigenvalue weighted by atomic mass is 10.3. The van der Waals surface area contributed by atoms with Crippen molar-refractivity contribution in [2.24, 2.45) is 0 Å². The van der Waals surface area contributed by atoms with Gasteiger partial charge in [-0.25, -0.2) is 18.1 Å². The minimum atomic E-state index is -3.67. The van der Waals surface area contributed by atoms with E-state index in [9.17, 15) is 8.42 Å². The van der Waals surface area contributed by atoms with E-state index in [4.69, 9.17) is 17.3 Å². The van der Waals surface area contributed by atoms with Crippen LogP contribution in [-0.2, 0) is 16.4 Å². The maximum Gasteiger partial charge on any atom is 0.241 e. The van der Waals surface area contributed by atoms with E-state index in [-0.39, 0.29) is 22.2 Å². The highest BCUT2D eigenvalue weighted by Crippen LogP contribution is 2.31. The number of aromatic nitrogens is 1. The summed E-state index contributed by atoms with van der Waals surface area (Å²) in [5.74, 6) is 0. The van der Waals surface area contributed by atoms with Gasteiger partial charge >= 0.3 is 0 Å². The topological polar surface area (TPSA) is 85.1 Å². The van der Waals surface area contributed by atoms with Crippen molar-refractivity contribution in [1.82, 2.24) is 9.71 Å². The minimum absolute atomic E-state index is 0.0293. The van der Waals surface area contributed by atoms with Gasteiger partial charge in [-0.3, -0.25) is 0 Å². The molecule has 108 valence electrons. The molecular weight excluding hydrogens is 386 g/mol. The number of benzene rings is 1. The van der Waals surface area contributed by atoms with Crippen molar-refractivity contribution in [3.05, 3.63) is 38.2 Å². The number of hydrogen-bond acceptors (Lipinski definition) is 5. The first kappa shape index (κ1) is 15.7. The molecule has 0 spiro atoms. The van der Waals surface area contributed by atoms with E-state index >= 15 is 0 Å². The number of thiazole rings is 1. The molecule has 5 nitrogen and oxygen atoms in total. The normalized spacial score (nSPS) is 11.7. The monoisotopic (exact) mass is 395 g/mol. The molecule has 0 bridgehead atoms. The zero-order chi connectivity index (χ0) is 14.8. The summed E-state index contributed by atoms with van der Waals surface area (Å²) in [5, 5.41) is 2.99. The second-order valence-electron chi connectivity index (χ2n) is 3.88. The quantitative estimate of drug-likeness (QED) is 0.761. The lowest BCUT2D eigenvalue weighted by molar-refractivity contribution is 0.581. The Morgan fingerprint density at radius 1 is 1.45 bits per heavy atom. The molecule has 2 rings (SSSR count). The van der Waals surface area contributed by atoms with Crippen LogP contribution in [0.25, 0.3) is 0 Å². The first-order valence-electron chi connectivity index (χ1n) is 5.52. The average molecular weight is 397 g/mol. The molecule has 1 heterocycles. The van der Waals surface area contributed by atoms with Crippen molar-refractivity contribution in [1.29, 1.82) is 0 Å². The summed E-state index contributed by atoms with van der Waals surface area (Å²) >= 11 is 10.5. The second kappa shape index (κ2) is 6.40. The van der Waals surface area contributed by atoms with E-state index in [1.54, 1.807) is 6.20 Å². The van der Waals surface area contributed by atoms with E-state index in [0.717, 1.165) is 5.01 Å². The highest BCUT2D eigenvalue weighted by molar-refractivity contribution is 9.10. The van der Waals surface area contributed by atoms with Gasteiger partial charge in [0.05, 0.1) is 14.4 Å². The second-order valence-corrected chi connectivity index (χ2v) is 7.82. The van der Waals surface area contributed by atoms with Crippen molar-refractivity contribution >= 4 is 54.6 Å². The number of sulfonamides is 1. The van der Waals surface area contributed by atoms with Gasteiger partial charge in [0.2, 0.25) is 10.0 Å². The molecular formula is C11H11BrClN3O2S2. The fraction of sp³-hybridized carbons (Fsp3) is 0.182. The number of rotatable bonds is 5. The van der Waals surface area contributed by atoms with Gasteiger partial charge in [0.1, 0.15) is 0 Å². The van der Waals surface area contributed by atoms with Gasteiger partial charge in [-0.2, -0.15) is 0 Å². The molecule has 0 aliphatic carbocycles. The van der Waals surface area contributed by atoms with Crippen LogP contribution < -0.4 is 10.5 Å². The predicted molar refractivity (Wildman–Crippen MR) is 84.6 cm³/mol. The third-order valence-electron chi connectivity index (χ3n) is 2.44. The van der Waals surface area contributed by atoms with Crippen LogP contribution in [0.3, 0.4) is 0 Å². The van der Waals surface area contributed by atoms with Crippen molar-refractivity contribution in [3.63, 3.8) is 0 Å². The largest absolute Gasteiger partial charge is 0.398 e. The summed E-state index contributed by atoms with van der Waals surface area (Å²) in [7, 11) is -3.67. The number of nitrogens with two attached hydrogens (primary N) is 1. The van der Waals surface area contributed by atoms with E-state index in [0.29, 0.717) is 10.9 Å². The van der Waals surface area contributed by atoms with Crippen molar-refractivity contribution in [2.45, 2.75) is 11.3 Å². The molecule has 0 saturated heterocycles. The van der Waals surface area contributed by atoms with Crippen LogP contribution in [-0.4, -0.2) is 19.9 Å². The number of anilines is 1. The SMILES string of the molecule is Nc1cc(Cl)cc(S(=O)(=O)NCCc2nccs2)c1Br. The molecule has 3 N–H and O–H groups in total. The van der Waals surface area contributed by atoms with Gasteiger partial charge in [0.15, 0.2) is 0 Å². The Labute approximate surface area is 134 Å². The van der Waals surface area contributed by atoms with Gasteiger partial charge in [0, 0.05) is 35.3 Å². The first-order chi connectivity index (χ1) is 9.40. The molecule has 1 aromatic heterocycles. The van der Waals surface area contributed by atoms with Crippen LogP contribution >= 0.6 is 38.9 Å². The van der Waals surface area contributed by atoms with E-state index in [1.165, 1.54) is 23.5 Å². The fourth-order valence-corrected chi connectivity index (χ4v) is 4.47. The summed E-state index contributed by atoms with van der Waals surface area (Å²) in [4.78, 5) is 4.12. The number of nitrogens with one attached hydrogen (secondary N) is 1. The standard InChI is InChI=1S/C11H11BrClN3O2S2/c12-11-8(14)5-7(13)6-9(11)20(17,18)16-2-1-10-15-3-4-19-10/h3-6,16H,1-2,14H2. The third-order valence-corrected chi connectivity index (χ3v) is 6.13. The van der Waals surface area contributed by atoms with Crippen LogP contribution in [0.2, 0.25) is 5.02 Å². The van der Waals surface area contributed by atoms with Gasteiger partial charge in [-0.05, 0) is 28.1 Å². The van der Waals surface area contributed by atoms with Crippen molar-refractivity contribution in [3.8, 4) is 0 Å². The van der Waals surface area contributed by atoms with Crippen LogP contribution in [0.15, 0.2) is 33.1 Å². The molecule has 0 unspecified atom stereocenters. The smallest absolute Gasteiger partial charge is 0.241 e. The van der Waals surface area contributed by atoms with Gasteiger partial charge in [-0.1, -0.05) is 11.6 Å². The Hall–Kier alpha value is -0.670. The highest BCUT2D eigenvalue weighted by Gasteiger charge is 2.19. The van der Waals surface area contributed by atoms with Crippen molar-refractivity contribution < 1.29 is 8.42 Å². The Morgan fingerprint density at radius 3 is 2.85 bits per heavy atom. The summed E-state index contributed by atoms with van der Waals surface area (Å²) in [5.41, 5.74) is 5.97. The molecule has 0 atom stereocenters. The Balaban J connectivity index is 2.14. The van der Waals surface area contributed by atoms with Crippen LogP contribution in [0, 0.1) is 0 Å². The Bertz CT molecular complexity index is 705. The molecule has 0 aliphatic heterocycles. The predicted octanol–water partition coefficient (Wildman–Crippen LogP) is 2.66. The maximum absolute atomic E-state index is 12.2. The van der Waals surface area contributed by atoms with E-state index in [2.05, 4.69) is 25.6 Å². The molecule has 0 saturated carbocycles. The molecule has 2 aromatic rings. The molecule has 0 amide bonds. The Kier molecular flexibility index (Phi) is 5.03. The van der Waals surface area contributed by atoms with Crippen LogP contribution in [0.1, 0.15) is 5.01 Å². The average Bonchev–Trinajstić information content (AvgIpc) is 2.86. The molecule has 0 aliphatic rings. The molecule has 1 aromatic carbocycles. The fourth-order valence-electron chi connectivity index (χ4n) is 1.53. The molecule has 9 heteroatoms. The van der Waals surface area contributed by atoms with E-state index in [1.807, 2.05) is 5.38 Å². The molecule has 20 heavy (non-hydrogen) atoms. The van der Waals surface area contributed by atoms with Gasteiger partial charge in [-0.15, -0.1) is 11.3 Å². The summed E-state index contributed by atoms with van der Waals surface area (Å²) in [6.07, 6.45) is 2.22. The summed E-state index contributed by atoms with van der Waals surface area (Å²) in [6, 6.07) is 2.84. The first-order valence-corrected chi connectivity index (χ1v) is 9.06. The molecule has 0 radical (unpaired) electrons. The highest BCUT2D eigenvalue weighted by atomic mass is 79.9. The number of hydrogen-bond donors (Lipinski definition) is 2. The zero-order valence-corrected chi connectivity index (χ0v) is 14.1. The van der Waals surface area contributed by atoms with Gasteiger partial charge < -0.3 is 5.73 Å². The summed E-state index contributed by atoms with van der Waals surface area (Å²) < 4.78 is 27.2. The van der Waals surface area contributed by atoms with Crippen molar-refractivity contribution in [2.75, 3.05) is 12.3 Å². The number of nitrogens with zero attached hydrogens (tertiary/aromatic N) is 1. The third kappa shape index (κ3) is 3.70. The Morgan fingerprint density at radius 2 is 2.20 bits per heavy atom. The van der Waals surface area contributed by atoms with Crippen LogP contribution in [0.5, 0.6) is 0 Å². The lowest BCUT2D eigenvalue weighted by Gasteiger charge is -2.10. The summed E-state index contributed by atoms with van der Waals surface area (Å²) in [6.45, 7) is 0.259. The van der Waals surface area contributed by atoms with Crippen LogP contribution in [0.4, 0.5) is 5.69 Å². The van der Waals surface area contributed by atoms with Gasteiger partial charge in [0.25, 0.3) is 0 Å². The van der Waals surface area contributed by atoms with E-state index < -0.39 is 10.0 Å². The minimum Gasteiger partial charge on any atom is -0.398 e. The maximum atomic E-state index is 12.2.